The number of hydrogen-bond acceptors (Lipinski definition) is 3. The third kappa shape index (κ3) is 2.58. The second kappa shape index (κ2) is 4.96. The third-order valence-corrected chi connectivity index (χ3v) is 2.89. The van der Waals surface area contributed by atoms with Crippen LogP contribution < -0.4 is 11.1 Å². The van der Waals surface area contributed by atoms with E-state index in [1.54, 1.807) is 0 Å². The minimum Gasteiger partial charge on any atom is -0.396 e. The van der Waals surface area contributed by atoms with Gasteiger partial charge in [0.25, 0.3) is 5.91 Å². The number of anilines is 2. The molecule has 1 aromatic heterocycles. The second-order valence-electron chi connectivity index (χ2n) is 3.77. The fourth-order valence-electron chi connectivity index (χ4n) is 1.57. The Balaban J connectivity index is 2.35. The summed E-state index contributed by atoms with van der Waals surface area (Å²) in [5.74, 6) is -2.51. The fraction of sp³-hybridized carbons (Fsp3) is 0.0909. The molecule has 2 aromatic rings. The van der Waals surface area contributed by atoms with Crippen LogP contribution in [0.5, 0.6) is 0 Å². The molecule has 0 spiro atoms. The van der Waals surface area contributed by atoms with Crippen molar-refractivity contribution >= 4 is 33.2 Å². The number of nitrogens with two attached hydrogens (primary N) is 1. The topological polar surface area (TPSA) is 72.9 Å². The monoisotopic (exact) mass is 330 g/mol. The number of benzene rings is 1. The zero-order valence-corrected chi connectivity index (χ0v) is 11.3. The summed E-state index contributed by atoms with van der Waals surface area (Å²) in [4.78, 5) is 11.9. The molecule has 0 bridgehead atoms. The number of carbonyl (C=O) groups excluding carboxylic acids is 1. The molecule has 0 aliphatic heterocycles. The molecule has 2 rings (SSSR count). The molecule has 0 atom stereocenters. The van der Waals surface area contributed by atoms with Crippen molar-refractivity contribution in [3.63, 3.8) is 0 Å². The standard InChI is InChI=1S/C11H9BrF2N4O/c1-18-10(8(15)4-16-18)11(19)17-9-6(13)2-5(12)3-7(9)14/h2-4H,15H2,1H3,(H,17,19). The Morgan fingerprint density at radius 1 is 1.42 bits per heavy atom. The van der Waals surface area contributed by atoms with Gasteiger partial charge in [-0.25, -0.2) is 8.78 Å². The summed E-state index contributed by atoms with van der Waals surface area (Å²) in [5, 5.41) is 5.91. The Morgan fingerprint density at radius 2 is 2.00 bits per heavy atom. The number of hydrogen-bond donors (Lipinski definition) is 2. The van der Waals surface area contributed by atoms with Crippen LogP contribution >= 0.6 is 15.9 Å². The van der Waals surface area contributed by atoms with Crippen molar-refractivity contribution in [3.8, 4) is 0 Å². The molecule has 0 saturated carbocycles. The predicted octanol–water partition coefficient (Wildman–Crippen LogP) is 2.30. The van der Waals surface area contributed by atoms with Gasteiger partial charge < -0.3 is 11.1 Å². The maximum absolute atomic E-state index is 13.6. The van der Waals surface area contributed by atoms with Crippen molar-refractivity contribution in [2.24, 2.45) is 7.05 Å². The van der Waals surface area contributed by atoms with Crippen molar-refractivity contribution in [1.82, 2.24) is 9.78 Å². The number of carbonyl (C=O) groups is 1. The Morgan fingerprint density at radius 3 is 2.47 bits per heavy atom. The zero-order chi connectivity index (χ0) is 14.2. The lowest BCUT2D eigenvalue weighted by molar-refractivity contribution is 0.101. The van der Waals surface area contributed by atoms with Gasteiger partial charge in [0.15, 0.2) is 11.6 Å². The SMILES string of the molecule is Cn1ncc(N)c1C(=O)Nc1c(F)cc(Br)cc1F. The molecule has 100 valence electrons. The molecule has 0 radical (unpaired) electrons. The van der Waals surface area contributed by atoms with E-state index in [2.05, 4.69) is 26.3 Å². The fourth-order valence-corrected chi connectivity index (χ4v) is 1.97. The second-order valence-corrected chi connectivity index (χ2v) is 4.69. The van der Waals surface area contributed by atoms with Crippen LogP contribution in [0.4, 0.5) is 20.2 Å². The van der Waals surface area contributed by atoms with E-state index in [0.717, 1.165) is 12.1 Å². The maximum atomic E-state index is 13.6. The summed E-state index contributed by atoms with van der Waals surface area (Å²) >= 11 is 2.95. The average Bonchev–Trinajstić information content (AvgIpc) is 2.63. The highest BCUT2D eigenvalue weighted by molar-refractivity contribution is 9.10. The Kier molecular flexibility index (Phi) is 3.52. The van der Waals surface area contributed by atoms with Crippen molar-refractivity contribution in [2.45, 2.75) is 0 Å². The molecule has 1 amide bonds. The highest BCUT2D eigenvalue weighted by atomic mass is 79.9. The van der Waals surface area contributed by atoms with Crippen molar-refractivity contribution in [1.29, 1.82) is 0 Å². The van der Waals surface area contributed by atoms with Gasteiger partial charge in [-0.3, -0.25) is 9.48 Å². The predicted molar refractivity (Wildman–Crippen MR) is 69.6 cm³/mol. The van der Waals surface area contributed by atoms with Crippen LogP contribution in [0.25, 0.3) is 0 Å². The molecule has 0 aliphatic rings. The number of aryl methyl sites for hydroxylation is 1. The van der Waals surface area contributed by atoms with E-state index in [9.17, 15) is 13.6 Å². The maximum Gasteiger partial charge on any atom is 0.276 e. The summed E-state index contributed by atoms with van der Waals surface area (Å²) in [7, 11) is 1.50. The van der Waals surface area contributed by atoms with Gasteiger partial charge in [0, 0.05) is 11.5 Å². The van der Waals surface area contributed by atoms with Gasteiger partial charge in [0.1, 0.15) is 11.4 Å². The molecular weight excluding hydrogens is 322 g/mol. The van der Waals surface area contributed by atoms with Crippen molar-refractivity contribution in [2.75, 3.05) is 11.1 Å². The van der Waals surface area contributed by atoms with Crippen LogP contribution in [0.1, 0.15) is 10.5 Å². The number of amides is 1. The zero-order valence-electron chi connectivity index (χ0n) is 9.75. The summed E-state index contributed by atoms with van der Waals surface area (Å²) in [6.07, 6.45) is 1.28. The molecule has 1 aromatic carbocycles. The van der Waals surface area contributed by atoms with Gasteiger partial charge >= 0.3 is 0 Å². The molecular formula is C11H9BrF2N4O. The van der Waals surface area contributed by atoms with Crippen molar-refractivity contribution in [3.05, 3.63) is 40.1 Å². The lowest BCUT2D eigenvalue weighted by Gasteiger charge is -2.08. The normalized spacial score (nSPS) is 10.5. The van der Waals surface area contributed by atoms with Crippen molar-refractivity contribution < 1.29 is 13.6 Å². The molecule has 8 heteroatoms. The quantitative estimate of drug-likeness (QED) is 0.887. The molecule has 0 aliphatic carbocycles. The first-order valence-electron chi connectivity index (χ1n) is 5.13. The van der Waals surface area contributed by atoms with Gasteiger partial charge in [0.2, 0.25) is 0 Å². The highest BCUT2D eigenvalue weighted by Crippen LogP contribution is 2.24. The van der Waals surface area contributed by atoms with Crippen LogP contribution in [0.3, 0.4) is 0 Å². The van der Waals surface area contributed by atoms with E-state index in [4.69, 9.17) is 5.73 Å². The van der Waals surface area contributed by atoms with Gasteiger partial charge in [-0.15, -0.1) is 0 Å². The first-order valence-corrected chi connectivity index (χ1v) is 5.93. The third-order valence-electron chi connectivity index (χ3n) is 2.43. The number of halogens is 3. The smallest absolute Gasteiger partial charge is 0.276 e. The largest absolute Gasteiger partial charge is 0.396 e. The lowest BCUT2D eigenvalue weighted by atomic mass is 10.2. The van der Waals surface area contributed by atoms with E-state index in [0.29, 0.717) is 0 Å². The average molecular weight is 331 g/mol. The van der Waals surface area contributed by atoms with Crippen LogP contribution in [-0.2, 0) is 7.05 Å². The Bertz CT molecular complexity index is 614. The minimum absolute atomic E-state index is 0.0294. The van der Waals surface area contributed by atoms with E-state index in [1.165, 1.54) is 17.9 Å². The summed E-state index contributed by atoms with van der Waals surface area (Å²) < 4.78 is 28.6. The van der Waals surface area contributed by atoms with Crippen LogP contribution in [0, 0.1) is 11.6 Å². The summed E-state index contributed by atoms with van der Waals surface area (Å²) in [5.41, 5.74) is 5.18. The highest BCUT2D eigenvalue weighted by Gasteiger charge is 2.19. The van der Waals surface area contributed by atoms with E-state index in [1.807, 2.05) is 0 Å². The van der Waals surface area contributed by atoms with Gasteiger partial charge in [-0.2, -0.15) is 5.10 Å². The lowest BCUT2D eigenvalue weighted by Crippen LogP contribution is -2.19. The van der Waals surface area contributed by atoms with E-state index < -0.39 is 23.2 Å². The Labute approximate surface area is 115 Å². The molecule has 0 saturated heterocycles. The molecule has 3 N–H and O–H groups in total. The van der Waals surface area contributed by atoms with E-state index >= 15 is 0 Å². The summed E-state index contributed by atoms with van der Waals surface area (Å²) in [6.45, 7) is 0. The van der Waals surface area contributed by atoms with E-state index in [-0.39, 0.29) is 15.9 Å². The first-order chi connectivity index (χ1) is 8.90. The summed E-state index contributed by atoms with van der Waals surface area (Å²) in [6, 6.07) is 2.09. The molecule has 0 fully saturated rings. The first kappa shape index (κ1) is 13.5. The van der Waals surface area contributed by atoms with Gasteiger partial charge in [0.05, 0.1) is 11.9 Å². The van der Waals surface area contributed by atoms with Crippen LogP contribution in [0.15, 0.2) is 22.8 Å². The van der Waals surface area contributed by atoms with Gasteiger partial charge in [-0.05, 0) is 12.1 Å². The number of nitrogen functional groups attached to an aromatic ring is 1. The molecule has 5 nitrogen and oxygen atoms in total. The molecule has 1 heterocycles. The number of nitrogens with zero attached hydrogens (tertiary/aromatic N) is 2. The van der Waals surface area contributed by atoms with Crippen LogP contribution in [0.2, 0.25) is 0 Å². The number of rotatable bonds is 2. The Hall–Kier alpha value is -1.96. The molecule has 0 unspecified atom stereocenters. The number of nitrogens with one attached hydrogen (secondary N) is 1. The molecule has 19 heavy (non-hydrogen) atoms. The van der Waals surface area contributed by atoms with Gasteiger partial charge in [-0.1, -0.05) is 15.9 Å². The minimum atomic E-state index is -0.888. The number of aromatic nitrogens is 2. The van der Waals surface area contributed by atoms with Crippen LogP contribution in [-0.4, -0.2) is 15.7 Å².